The van der Waals surface area contributed by atoms with Gasteiger partial charge in [-0.3, -0.25) is 4.90 Å². The predicted molar refractivity (Wildman–Crippen MR) is 127 cm³/mol. The van der Waals surface area contributed by atoms with Crippen LogP contribution in [0.3, 0.4) is 0 Å². The summed E-state index contributed by atoms with van der Waals surface area (Å²) in [5.74, 6) is 4.06. The molecule has 168 valence electrons. The molecule has 32 heavy (non-hydrogen) atoms. The molecule has 4 aliphatic heterocycles. The third-order valence-corrected chi connectivity index (χ3v) is 7.57. The van der Waals surface area contributed by atoms with E-state index in [0.717, 1.165) is 69.1 Å². The largest absolute Gasteiger partial charge is 0.382 e. The number of aromatic nitrogens is 1. The highest BCUT2D eigenvalue weighted by atomic mass is 16.5. The fourth-order valence-electron chi connectivity index (χ4n) is 5.96. The number of aliphatic hydroxyl groups is 1. The van der Waals surface area contributed by atoms with Gasteiger partial charge in [0.05, 0.1) is 11.8 Å². The summed E-state index contributed by atoms with van der Waals surface area (Å²) in [5, 5.41) is 12.2. The second kappa shape index (κ2) is 8.86. The molecule has 4 fully saturated rings. The van der Waals surface area contributed by atoms with Gasteiger partial charge in [0.2, 0.25) is 0 Å². The SMILES string of the molecule is C#CC1N2CCC(CC2)[C@@]1(O)c1ccc(N2CC[C@@H](OCC)C2)nc1Cc1ccccc1. The summed E-state index contributed by atoms with van der Waals surface area (Å²) < 4.78 is 5.84. The number of nitrogens with zero attached hydrogens (tertiary/aromatic N) is 3. The Morgan fingerprint density at radius 3 is 2.62 bits per heavy atom. The number of benzene rings is 1. The molecule has 0 aliphatic carbocycles. The minimum atomic E-state index is -1.06. The molecule has 0 spiro atoms. The Morgan fingerprint density at radius 2 is 1.91 bits per heavy atom. The van der Waals surface area contributed by atoms with Crippen LogP contribution in [-0.2, 0) is 16.8 Å². The van der Waals surface area contributed by atoms with Crippen LogP contribution in [0.4, 0.5) is 5.82 Å². The van der Waals surface area contributed by atoms with Gasteiger partial charge in [-0.1, -0.05) is 42.3 Å². The molecule has 2 bridgehead atoms. The summed E-state index contributed by atoms with van der Waals surface area (Å²) >= 11 is 0. The summed E-state index contributed by atoms with van der Waals surface area (Å²) in [6, 6.07) is 14.3. The first-order valence-corrected chi connectivity index (χ1v) is 12.0. The van der Waals surface area contributed by atoms with Crippen molar-refractivity contribution in [3.63, 3.8) is 0 Å². The monoisotopic (exact) mass is 431 g/mol. The molecule has 5 nitrogen and oxygen atoms in total. The highest BCUT2D eigenvalue weighted by molar-refractivity contribution is 5.47. The molecule has 2 aromatic rings. The molecule has 1 N–H and O–H groups in total. The Hall–Kier alpha value is -2.39. The number of ether oxygens (including phenoxy) is 1. The molecule has 0 amide bonds. The van der Waals surface area contributed by atoms with Crippen LogP contribution in [0.15, 0.2) is 42.5 Å². The van der Waals surface area contributed by atoms with Crippen molar-refractivity contribution in [1.29, 1.82) is 0 Å². The Labute approximate surface area is 191 Å². The number of hydrogen-bond donors (Lipinski definition) is 1. The molecule has 5 heterocycles. The zero-order chi connectivity index (χ0) is 22.1. The maximum Gasteiger partial charge on any atom is 0.128 e. The van der Waals surface area contributed by atoms with Crippen LogP contribution in [0.25, 0.3) is 0 Å². The fraction of sp³-hybridized carbons (Fsp3) is 0.519. The Morgan fingerprint density at radius 1 is 1.12 bits per heavy atom. The number of rotatable bonds is 6. The number of terminal acetylenes is 1. The molecule has 1 aromatic carbocycles. The van der Waals surface area contributed by atoms with E-state index in [4.69, 9.17) is 16.1 Å². The van der Waals surface area contributed by atoms with Gasteiger partial charge < -0.3 is 14.7 Å². The zero-order valence-corrected chi connectivity index (χ0v) is 18.9. The molecule has 0 saturated carbocycles. The van der Waals surface area contributed by atoms with Crippen molar-refractivity contribution in [2.24, 2.45) is 5.92 Å². The van der Waals surface area contributed by atoms with Gasteiger partial charge in [-0.25, -0.2) is 4.98 Å². The van der Waals surface area contributed by atoms with Crippen LogP contribution >= 0.6 is 0 Å². The van der Waals surface area contributed by atoms with Crippen molar-refractivity contribution in [1.82, 2.24) is 9.88 Å². The van der Waals surface area contributed by atoms with E-state index in [1.54, 1.807) is 0 Å². The summed E-state index contributed by atoms with van der Waals surface area (Å²) in [7, 11) is 0. The Kier molecular flexibility index (Phi) is 5.94. The fourth-order valence-corrected chi connectivity index (χ4v) is 5.96. The van der Waals surface area contributed by atoms with E-state index in [1.807, 2.05) is 13.0 Å². The first-order chi connectivity index (χ1) is 15.6. The molecule has 0 radical (unpaired) electrons. The molecule has 4 saturated heterocycles. The molecular formula is C27H33N3O2. The average Bonchev–Trinajstić information content (AvgIpc) is 3.29. The first-order valence-electron chi connectivity index (χ1n) is 12.0. The van der Waals surface area contributed by atoms with E-state index < -0.39 is 5.60 Å². The number of anilines is 1. The van der Waals surface area contributed by atoms with Crippen LogP contribution in [0.5, 0.6) is 0 Å². The summed E-state index contributed by atoms with van der Waals surface area (Å²) in [6.45, 7) is 6.52. The Bertz CT molecular complexity index is 980. The maximum atomic E-state index is 12.2. The Balaban J connectivity index is 1.54. The van der Waals surface area contributed by atoms with Gasteiger partial charge in [0.25, 0.3) is 0 Å². The topological polar surface area (TPSA) is 48.8 Å². The molecule has 6 rings (SSSR count). The third kappa shape index (κ3) is 3.71. The van der Waals surface area contributed by atoms with Gasteiger partial charge in [0, 0.05) is 31.7 Å². The third-order valence-electron chi connectivity index (χ3n) is 7.57. The molecule has 1 unspecified atom stereocenters. The van der Waals surface area contributed by atoms with Crippen LogP contribution in [0.2, 0.25) is 0 Å². The standard InChI is InChI=1S/C27H33N3O2/c1-3-25-27(31,21-12-15-29(25)16-13-21)23-10-11-26(30-17-14-22(19-30)32-4-2)28-24(23)18-20-8-6-5-7-9-20/h1,5-11,21-22,25,31H,4,12-19H2,2H3/t22-,25?,27-/m1/s1. The number of pyridine rings is 1. The van der Waals surface area contributed by atoms with E-state index in [-0.39, 0.29) is 18.1 Å². The van der Waals surface area contributed by atoms with Gasteiger partial charge in [-0.2, -0.15) is 0 Å². The molecule has 5 heteroatoms. The smallest absolute Gasteiger partial charge is 0.128 e. The van der Waals surface area contributed by atoms with Crippen LogP contribution < -0.4 is 4.90 Å². The van der Waals surface area contributed by atoms with Crippen molar-refractivity contribution in [2.75, 3.05) is 37.7 Å². The highest BCUT2D eigenvalue weighted by Gasteiger charge is 2.54. The summed E-state index contributed by atoms with van der Waals surface area (Å²) in [6.07, 6.45) is 9.89. The number of fused-ring (bicyclic) bond motifs is 3. The molecule has 4 aliphatic rings. The number of hydrogen-bond acceptors (Lipinski definition) is 5. The van der Waals surface area contributed by atoms with E-state index in [0.29, 0.717) is 6.42 Å². The lowest BCUT2D eigenvalue weighted by molar-refractivity contribution is -0.143. The van der Waals surface area contributed by atoms with Crippen molar-refractivity contribution >= 4 is 5.82 Å². The minimum Gasteiger partial charge on any atom is -0.382 e. The van der Waals surface area contributed by atoms with E-state index in [1.165, 1.54) is 5.56 Å². The quantitative estimate of drug-likeness (QED) is 0.712. The van der Waals surface area contributed by atoms with Gasteiger partial charge in [-0.05, 0) is 56.8 Å². The van der Waals surface area contributed by atoms with Crippen molar-refractivity contribution in [2.45, 2.75) is 50.4 Å². The van der Waals surface area contributed by atoms with Crippen molar-refractivity contribution in [3.8, 4) is 12.3 Å². The highest BCUT2D eigenvalue weighted by Crippen LogP contribution is 2.48. The second-order valence-electron chi connectivity index (χ2n) is 9.34. The van der Waals surface area contributed by atoms with Crippen LogP contribution in [0, 0.1) is 18.3 Å². The second-order valence-corrected chi connectivity index (χ2v) is 9.34. The van der Waals surface area contributed by atoms with Gasteiger partial charge in [-0.15, -0.1) is 6.42 Å². The maximum absolute atomic E-state index is 12.2. The van der Waals surface area contributed by atoms with Gasteiger partial charge >= 0.3 is 0 Å². The summed E-state index contributed by atoms with van der Waals surface area (Å²) in [5.41, 5.74) is 1.97. The minimum absolute atomic E-state index is 0.171. The zero-order valence-electron chi connectivity index (χ0n) is 18.9. The summed E-state index contributed by atoms with van der Waals surface area (Å²) in [4.78, 5) is 9.72. The molecule has 3 atom stereocenters. The van der Waals surface area contributed by atoms with Crippen molar-refractivity contribution in [3.05, 3.63) is 59.3 Å². The lowest BCUT2D eigenvalue weighted by atomic mass is 9.66. The normalized spacial score (nSPS) is 31.6. The molecule has 1 aromatic heterocycles. The van der Waals surface area contributed by atoms with E-state index in [2.05, 4.69) is 52.1 Å². The van der Waals surface area contributed by atoms with Crippen molar-refractivity contribution < 1.29 is 9.84 Å². The van der Waals surface area contributed by atoms with Gasteiger partial charge in [0.1, 0.15) is 17.5 Å². The lowest BCUT2D eigenvalue weighted by Crippen LogP contribution is -2.63. The average molecular weight is 432 g/mol. The van der Waals surface area contributed by atoms with E-state index in [9.17, 15) is 5.11 Å². The van der Waals surface area contributed by atoms with Crippen LogP contribution in [0.1, 0.15) is 43.0 Å². The first kappa shape index (κ1) is 21.5. The van der Waals surface area contributed by atoms with Crippen LogP contribution in [-0.4, -0.2) is 59.9 Å². The number of piperidine rings is 3. The van der Waals surface area contributed by atoms with E-state index >= 15 is 0 Å². The van der Waals surface area contributed by atoms with Gasteiger partial charge in [0.15, 0.2) is 0 Å². The lowest BCUT2D eigenvalue weighted by Gasteiger charge is -2.54. The predicted octanol–water partition coefficient (Wildman–Crippen LogP) is 3.20. The molecular weight excluding hydrogens is 398 g/mol.